The zero-order valence-electron chi connectivity index (χ0n) is 18.3. The predicted molar refractivity (Wildman–Crippen MR) is 125 cm³/mol. The van der Waals surface area contributed by atoms with E-state index >= 15 is 0 Å². The van der Waals surface area contributed by atoms with E-state index in [2.05, 4.69) is 10.2 Å². The third-order valence-corrected chi connectivity index (χ3v) is 7.35. The van der Waals surface area contributed by atoms with E-state index in [0.29, 0.717) is 28.8 Å². The van der Waals surface area contributed by atoms with Crippen LogP contribution in [0.25, 0.3) is 0 Å². The number of nitrogens with one attached hydrogen (secondary N) is 1. The summed E-state index contributed by atoms with van der Waals surface area (Å²) in [5.74, 6) is 1.20. The summed E-state index contributed by atoms with van der Waals surface area (Å²) >= 11 is 12.2. The van der Waals surface area contributed by atoms with Crippen LogP contribution < -0.4 is 14.8 Å². The predicted octanol–water partition coefficient (Wildman–Crippen LogP) is 4.72. The number of likely N-dealkylation sites (tertiary alicyclic amines) is 1. The van der Waals surface area contributed by atoms with Gasteiger partial charge in [-0.1, -0.05) is 35.3 Å². The highest BCUT2D eigenvalue weighted by Gasteiger charge is 2.50. The van der Waals surface area contributed by atoms with Crippen molar-refractivity contribution in [3.63, 3.8) is 0 Å². The van der Waals surface area contributed by atoms with E-state index in [0.717, 1.165) is 42.9 Å². The number of carbonyl (C=O) groups excluding carboxylic acids is 2. The Hall–Kier alpha value is -2.48. The van der Waals surface area contributed by atoms with Crippen LogP contribution in [0.5, 0.6) is 11.5 Å². The average molecular weight is 490 g/mol. The number of ether oxygens (including phenoxy) is 2. The molecule has 3 heterocycles. The second-order valence-electron chi connectivity index (χ2n) is 8.79. The number of carbonyl (C=O) groups is 2. The van der Waals surface area contributed by atoms with Crippen molar-refractivity contribution in [2.75, 3.05) is 26.4 Å². The fourth-order valence-electron chi connectivity index (χ4n) is 4.77. The minimum absolute atomic E-state index is 0.0829. The molecule has 3 amide bonds. The summed E-state index contributed by atoms with van der Waals surface area (Å²) in [5, 5.41) is 3.58. The van der Waals surface area contributed by atoms with Crippen molar-refractivity contribution in [3.05, 3.63) is 57.6 Å². The lowest BCUT2D eigenvalue weighted by atomic mass is 9.92. The van der Waals surface area contributed by atoms with Crippen LogP contribution in [0.4, 0.5) is 4.79 Å². The summed E-state index contributed by atoms with van der Waals surface area (Å²) in [4.78, 5) is 29.7. The van der Waals surface area contributed by atoms with Gasteiger partial charge in [-0.25, -0.2) is 9.69 Å². The Labute approximate surface area is 202 Å². The van der Waals surface area contributed by atoms with Crippen LogP contribution >= 0.6 is 23.2 Å². The summed E-state index contributed by atoms with van der Waals surface area (Å²) in [6.07, 6.45) is 2.77. The van der Waals surface area contributed by atoms with Gasteiger partial charge in [-0.05, 0) is 55.2 Å². The van der Waals surface area contributed by atoms with Crippen LogP contribution in [-0.4, -0.2) is 48.2 Å². The molecule has 9 heteroatoms. The molecule has 0 bridgehead atoms. The van der Waals surface area contributed by atoms with Gasteiger partial charge in [0.05, 0.1) is 29.9 Å². The van der Waals surface area contributed by atoms with E-state index in [-0.39, 0.29) is 18.6 Å². The van der Waals surface area contributed by atoms with Gasteiger partial charge in [0.25, 0.3) is 5.91 Å². The Bertz CT molecular complexity index is 1110. The molecule has 2 fully saturated rings. The van der Waals surface area contributed by atoms with Gasteiger partial charge in [0, 0.05) is 19.0 Å². The number of hydrogen-bond donors (Lipinski definition) is 1. The number of halogens is 2. The smallest absolute Gasteiger partial charge is 0.326 e. The van der Waals surface area contributed by atoms with Crippen molar-refractivity contribution in [1.82, 2.24) is 15.1 Å². The lowest BCUT2D eigenvalue weighted by Gasteiger charge is -2.29. The molecule has 3 aliphatic rings. The fourth-order valence-corrected chi connectivity index (χ4v) is 5.07. The molecule has 0 aromatic heterocycles. The zero-order chi connectivity index (χ0) is 23.2. The Kier molecular flexibility index (Phi) is 5.89. The molecule has 3 aliphatic heterocycles. The Morgan fingerprint density at radius 1 is 1.03 bits per heavy atom. The maximum Gasteiger partial charge on any atom is 0.326 e. The first kappa shape index (κ1) is 22.3. The van der Waals surface area contributed by atoms with E-state index in [4.69, 9.17) is 32.7 Å². The van der Waals surface area contributed by atoms with Crippen LogP contribution in [0.2, 0.25) is 10.0 Å². The first-order valence-electron chi connectivity index (χ1n) is 11.1. The lowest BCUT2D eigenvalue weighted by Crippen LogP contribution is -2.43. The third kappa shape index (κ3) is 4.03. The molecule has 0 aliphatic carbocycles. The summed E-state index contributed by atoms with van der Waals surface area (Å²) in [6.45, 7) is 3.96. The highest BCUT2D eigenvalue weighted by Crippen LogP contribution is 2.39. The van der Waals surface area contributed by atoms with E-state index in [1.165, 1.54) is 4.90 Å². The molecule has 2 saturated heterocycles. The summed E-state index contributed by atoms with van der Waals surface area (Å²) in [7, 11) is 0. The first-order chi connectivity index (χ1) is 15.9. The zero-order valence-corrected chi connectivity index (χ0v) is 19.8. The molecule has 5 rings (SSSR count). The second-order valence-corrected chi connectivity index (χ2v) is 9.60. The Morgan fingerprint density at radius 3 is 2.61 bits per heavy atom. The topological polar surface area (TPSA) is 71.1 Å². The van der Waals surface area contributed by atoms with Gasteiger partial charge in [-0.2, -0.15) is 0 Å². The molecule has 2 atom stereocenters. The first-order valence-corrected chi connectivity index (χ1v) is 11.9. The van der Waals surface area contributed by atoms with Gasteiger partial charge in [0.1, 0.15) is 5.54 Å². The SMILES string of the molecule is C[C@@]1(c2ccc(Cl)c(Cl)c2)NC(=O)N(CN2CCC[C@@H]2c2ccc3c(c2)OCCCO3)C1=O. The van der Waals surface area contributed by atoms with Crippen molar-refractivity contribution in [2.45, 2.75) is 37.8 Å². The molecular formula is C24H25Cl2N3O4. The molecule has 0 unspecified atom stereocenters. The van der Waals surface area contributed by atoms with Crippen LogP contribution in [0.3, 0.4) is 0 Å². The molecule has 1 N–H and O–H groups in total. The number of imide groups is 1. The monoisotopic (exact) mass is 489 g/mol. The van der Waals surface area contributed by atoms with Gasteiger partial charge in [0.15, 0.2) is 11.5 Å². The van der Waals surface area contributed by atoms with E-state index in [9.17, 15) is 9.59 Å². The maximum absolute atomic E-state index is 13.4. The number of fused-ring (bicyclic) bond motifs is 1. The quantitative estimate of drug-likeness (QED) is 0.629. The van der Waals surface area contributed by atoms with Gasteiger partial charge >= 0.3 is 6.03 Å². The third-order valence-electron chi connectivity index (χ3n) is 6.61. The standard InChI is InChI=1S/C24H25Cl2N3O4/c1-24(16-6-7-17(25)18(26)13-16)22(30)29(23(31)27-24)14-28-9-2-4-19(28)15-5-8-20-21(12-15)33-11-3-10-32-20/h5-8,12-13,19H,2-4,9-11,14H2,1H3,(H,27,31)/t19-,24+/m1/s1. The maximum atomic E-state index is 13.4. The molecule has 0 saturated carbocycles. The number of amides is 3. The van der Waals surface area contributed by atoms with Crippen LogP contribution in [-0.2, 0) is 10.3 Å². The van der Waals surface area contributed by atoms with Crippen molar-refractivity contribution in [1.29, 1.82) is 0 Å². The van der Waals surface area contributed by atoms with E-state index in [1.54, 1.807) is 25.1 Å². The normalized spacial score (nSPS) is 25.3. The van der Waals surface area contributed by atoms with Crippen molar-refractivity contribution >= 4 is 35.1 Å². The van der Waals surface area contributed by atoms with Crippen LogP contribution in [0.1, 0.15) is 43.4 Å². The van der Waals surface area contributed by atoms with Gasteiger partial charge in [0.2, 0.25) is 0 Å². The molecule has 7 nitrogen and oxygen atoms in total. The van der Waals surface area contributed by atoms with Crippen molar-refractivity contribution in [2.24, 2.45) is 0 Å². The fraction of sp³-hybridized carbons (Fsp3) is 0.417. The molecular weight excluding hydrogens is 465 g/mol. The molecule has 33 heavy (non-hydrogen) atoms. The lowest BCUT2D eigenvalue weighted by molar-refractivity contribution is -0.132. The number of benzene rings is 2. The number of rotatable bonds is 4. The van der Waals surface area contributed by atoms with Gasteiger partial charge in [-0.15, -0.1) is 0 Å². The van der Waals surface area contributed by atoms with Crippen molar-refractivity contribution in [3.8, 4) is 11.5 Å². The van der Waals surface area contributed by atoms with Gasteiger partial charge < -0.3 is 14.8 Å². The van der Waals surface area contributed by atoms with Crippen LogP contribution in [0.15, 0.2) is 36.4 Å². The Balaban J connectivity index is 1.36. The Morgan fingerprint density at radius 2 is 1.82 bits per heavy atom. The van der Waals surface area contributed by atoms with Gasteiger partial charge in [-0.3, -0.25) is 9.69 Å². The number of hydrogen-bond acceptors (Lipinski definition) is 5. The minimum Gasteiger partial charge on any atom is -0.490 e. The van der Waals surface area contributed by atoms with E-state index in [1.807, 2.05) is 18.2 Å². The number of urea groups is 1. The molecule has 2 aromatic rings. The minimum atomic E-state index is -1.20. The second kappa shape index (κ2) is 8.70. The van der Waals surface area contributed by atoms with Crippen LogP contribution in [0, 0.1) is 0 Å². The summed E-state index contributed by atoms with van der Waals surface area (Å²) < 4.78 is 11.6. The molecule has 0 spiro atoms. The number of nitrogens with zero attached hydrogens (tertiary/aromatic N) is 2. The summed E-state index contributed by atoms with van der Waals surface area (Å²) in [5.41, 5.74) is 0.491. The average Bonchev–Trinajstić information content (AvgIpc) is 3.24. The largest absolute Gasteiger partial charge is 0.490 e. The highest BCUT2D eigenvalue weighted by molar-refractivity contribution is 6.42. The van der Waals surface area contributed by atoms with E-state index < -0.39 is 11.6 Å². The summed E-state index contributed by atoms with van der Waals surface area (Å²) in [6, 6.07) is 10.7. The molecule has 0 radical (unpaired) electrons. The molecule has 2 aromatic carbocycles. The molecule has 174 valence electrons. The van der Waals surface area contributed by atoms with Crippen molar-refractivity contribution < 1.29 is 19.1 Å². The highest BCUT2D eigenvalue weighted by atomic mass is 35.5.